The third-order valence-corrected chi connectivity index (χ3v) is 5.53. The van der Waals surface area contributed by atoms with E-state index in [9.17, 15) is 4.79 Å². The van der Waals surface area contributed by atoms with Crippen molar-refractivity contribution in [2.75, 3.05) is 4.90 Å². The molecule has 0 unspecified atom stereocenters. The van der Waals surface area contributed by atoms with Crippen molar-refractivity contribution in [2.45, 2.75) is 27.4 Å². The van der Waals surface area contributed by atoms with Crippen molar-refractivity contribution < 1.29 is 9.53 Å². The minimum absolute atomic E-state index is 0.0896. The molecule has 3 rings (SSSR count). The molecule has 1 aromatic heterocycles. The Morgan fingerprint density at radius 1 is 1.15 bits per heavy atom. The molecular weight excluding hydrogens is 403 g/mol. The Morgan fingerprint density at radius 2 is 1.93 bits per heavy atom. The van der Waals surface area contributed by atoms with E-state index in [1.165, 1.54) is 18.3 Å². The van der Waals surface area contributed by atoms with Gasteiger partial charge in [-0.05, 0) is 37.6 Å². The molecule has 0 saturated heterocycles. The van der Waals surface area contributed by atoms with E-state index in [0.717, 1.165) is 22.5 Å². The lowest BCUT2D eigenvalue weighted by Crippen LogP contribution is -2.23. The van der Waals surface area contributed by atoms with Crippen LogP contribution in [-0.2, 0) is 11.4 Å². The van der Waals surface area contributed by atoms with Crippen LogP contribution in [0.4, 0.5) is 10.8 Å². The van der Waals surface area contributed by atoms with E-state index >= 15 is 0 Å². The van der Waals surface area contributed by atoms with Crippen LogP contribution in [0.5, 0.6) is 5.75 Å². The molecule has 0 aliphatic rings. The third kappa shape index (κ3) is 4.61. The molecule has 0 radical (unpaired) electrons. The summed E-state index contributed by atoms with van der Waals surface area (Å²) in [5.41, 5.74) is 3.74. The molecule has 0 fully saturated rings. The summed E-state index contributed by atoms with van der Waals surface area (Å²) < 4.78 is 5.72. The van der Waals surface area contributed by atoms with Gasteiger partial charge in [0, 0.05) is 18.4 Å². The highest BCUT2D eigenvalue weighted by Gasteiger charge is 2.19. The van der Waals surface area contributed by atoms with Gasteiger partial charge in [0.05, 0.1) is 21.4 Å². The molecule has 4 nitrogen and oxygen atoms in total. The Morgan fingerprint density at radius 3 is 2.59 bits per heavy atom. The summed E-state index contributed by atoms with van der Waals surface area (Å²) in [7, 11) is 0. The topological polar surface area (TPSA) is 42.4 Å². The number of benzene rings is 2. The van der Waals surface area contributed by atoms with Gasteiger partial charge in [-0.2, -0.15) is 0 Å². The summed E-state index contributed by atoms with van der Waals surface area (Å²) in [6.45, 7) is 5.82. The lowest BCUT2D eigenvalue weighted by atomic mass is 10.1. The first kappa shape index (κ1) is 19.7. The van der Waals surface area contributed by atoms with Crippen LogP contribution in [0.1, 0.15) is 23.7 Å². The molecule has 0 bridgehead atoms. The molecule has 2 aromatic carbocycles. The lowest BCUT2D eigenvalue weighted by molar-refractivity contribution is -0.115. The molecule has 0 N–H and O–H groups in total. The van der Waals surface area contributed by atoms with Crippen LogP contribution in [0.25, 0.3) is 0 Å². The first-order valence-corrected chi connectivity index (χ1v) is 9.89. The van der Waals surface area contributed by atoms with Gasteiger partial charge in [-0.1, -0.05) is 40.9 Å². The molecular formula is C20H18Cl2N2O2S. The van der Waals surface area contributed by atoms with Crippen LogP contribution < -0.4 is 9.64 Å². The molecule has 0 aliphatic heterocycles. The third-order valence-electron chi connectivity index (χ3n) is 3.92. The highest BCUT2D eigenvalue weighted by Crippen LogP contribution is 2.32. The monoisotopic (exact) mass is 420 g/mol. The highest BCUT2D eigenvalue weighted by molar-refractivity contribution is 7.14. The Hall–Kier alpha value is -2.08. The summed E-state index contributed by atoms with van der Waals surface area (Å²) in [5.74, 6) is 0.519. The number of ether oxygens (including phenoxy) is 1. The molecule has 1 amide bonds. The smallest absolute Gasteiger partial charge is 0.230 e. The summed E-state index contributed by atoms with van der Waals surface area (Å²) in [6, 6.07) is 11.1. The number of aromatic nitrogens is 1. The number of hydrogen-bond donors (Lipinski definition) is 0. The number of nitrogens with zero attached hydrogens (tertiary/aromatic N) is 2. The largest absolute Gasteiger partial charge is 0.487 e. The van der Waals surface area contributed by atoms with E-state index < -0.39 is 0 Å². The van der Waals surface area contributed by atoms with Crippen molar-refractivity contribution in [3.8, 4) is 5.75 Å². The maximum atomic E-state index is 12.3. The van der Waals surface area contributed by atoms with Crippen molar-refractivity contribution in [3.63, 3.8) is 0 Å². The lowest BCUT2D eigenvalue weighted by Gasteiger charge is -2.20. The molecule has 0 saturated carbocycles. The predicted molar refractivity (Wildman–Crippen MR) is 112 cm³/mol. The fraction of sp³-hybridized carbons (Fsp3) is 0.200. The molecule has 27 heavy (non-hydrogen) atoms. The van der Waals surface area contributed by atoms with Crippen LogP contribution in [0, 0.1) is 13.8 Å². The minimum atomic E-state index is -0.0896. The Bertz CT molecular complexity index is 988. The first-order valence-electron chi connectivity index (χ1n) is 8.25. The molecule has 7 heteroatoms. The standard InChI is InChI=1S/C20H18Cl2N2O2S/c1-12-4-7-19(13(2)8-12)24(14(3)25)20-23-15(11-27-20)10-26-16-5-6-17(21)18(22)9-16/h4-9,11H,10H2,1-3H3. The van der Waals surface area contributed by atoms with Gasteiger partial charge < -0.3 is 4.74 Å². The summed E-state index contributed by atoms with van der Waals surface area (Å²) in [6.07, 6.45) is 0. The van der Waals surface area contributed by atoms with Gasteiger partial charge in [0.15, 0.2) is 5.13 Å². The van der Waals surface area contributed by atoms with Gasteiger partial charge in [-0.25, -0.2) is 4.98 Å². The van der Waals surface area contributed by atoms with Crippen LogP contribution in [0.3, 0.4) is 0 Å². The molecule has 0 aliphatic carbocycles. The number of amides is 1. The maximum absolute atomic E-state index is 12.3. The van der Waals surface area contributed by atoms with E-state index in [1.807, 2.05) is 37.4 Å². The second kappa shape index (κ2) is 8.30. The highest BCUT2D eigenvalue weighted by atomic mass is 35.5. The van der Waals surface area contributed by atoms with Gasteiger partial charge in [0.25, 0.3) is 0 Å². The van der Waals surface area contributed by atoms with Crippen LogP contribution >= 0.6 is 34.5 Å². The molecule has 1 heterocycles. The van der Waals surface area contributed by atoms with Crippen LogP contribution in [0.15, 0.2) is 41.8 Å². The average Bonchev–Trinajstić information content (AvgIpc) is 3.06. The van der Waals surface area contributed by atoms with Crippen molar-refractivity contribution in [3.05, 3.63) is 68.6 Å². The van der Waals surface area contributed by atoms with E-state index in [4.69, 9.17) is 27.9 Å². The zero-order chi connectivity index (χ0) is 19.6. The first-order chi connectivity index (χ1) is 12.8. The second-order valence-corrected chi connectivity index (χ2v) is 7.78. The minimum Gasteiger partial charge on any atom is -0.487 e. The van der Waals surface area contributed by atoms with E-state index in [-0.39, 0.29) is 12.5 Å². The normalized spacial score (nSPS) is 10.7. The van der Waals surface area contributed by atoms with Gasteiger partial charge in [0.2, 0.25) is 5.91 Å². The molecule has 0 spiro atoms. The van der Waals surface area contributed by atoms with Gasteiger partial charge in [-0.15, -0.1) is 11.3 Å². The fourth-order valence-electron chi connectivity index (χ4n) is 2.65. The number of carbonyl (C=O) groups is 1. The van der Waals surface area contributed by atoms with Gasteiger partial charge in [-0.3, -0.25) is 9.69 Å². The summed E-state index contributed by atoms with van der Waals surface area (Å²) >= 11 is 13.3. The Balaban J connectivity index is 1.79. The zero-order valence-corrected chi connectivity index (χ0v) is 17.5. The summed E-state index contributed by atoms with van der Waals surface area (Å²) in [5, 5.41) is 3.41. The van der Waals surface area contributed by atoms with Crippen LogP contribution in [0.2, 0.25) is 10.0 Å². The number of aryl methyl sites for hydroxylation is 2. The molecule has 0 atom stereocenters. The number of hydrogen-bond acceptors (Lipinski definition) is 4. The number of halogens is 2. The number of anilines is 2. The molecule has 3 aromatic rings. The average molecular weight is 421 g/mol. The Kier molecular flexibility index (Phi) is 6.05. The van der Waals surface area contributed by atoms with Crippen molar-refractivity contribution in [2.24, 2.45) is 0 Å². The van der Waals surface area contributed by atoms with E-state index in [0.29, 0.717) is 20.9 Å². The van der Waals surface area contributed by atoms with Gasteiger partial charge in [0.1, 0.15) is 12.4 Å². The maximum Gasteiger partial charge on any atom is 0.230 e. The number of carbonyl (C=O) groups excluding carboxylic acids is 1. The van der Waals surface area contributed by atoms with E-state index in [1.54, 1.807) is 23.1 Å². The Labute approximate surface area is 172 Å². The summed E-state index contributed by atoms with van der Waals surface area (Å²) in [4.78, 5) is 18.5. The number of rotatable bonds is 5. The van der Waals surface area contributed by atoms with Gasteiger partial charge >= 0.3 is 0 Å². The SMILES string of the molecule is CC(=O)N(c1nc(COc2ccc(Cl)c(Cl)c2)cs1)c1ccc(C)cc1C. The molecule has 140 valence electrons. The quantitative estimate of drug-likeness (QED) is 0.484. The fourth-order valence-corrected chi connectivity index (χ4v) is 3.81. The predicted octanol–water partition coefficient (Wildman–Crippen LogP) is 6.33. The van der Waals surface area contributed by atoms with Crippen molar-refractivity contribution in [1.29, 1.82) is 0 Å². The van der Waals surface area contributed by atoms with Crippen molar-refractivity contribution in [1.82, 2.24) is 4.98 Å². The van der Waals surface area contributed by atoms with Crippen molar-refractivity contribution >= 4 is 51.3 Å². The number of thiazole rings is 1. The van der Waals surface area contributed by atoms with E-state index in [2.05, 4.69) is 4.98 Å². The second-order valence-electron chi connectivity index (χ2n) is 6.13. The zero-order valence-electron chi connectivity index (χ0n) is 15.1. The van der Waals surface area contributed by atoms with Crippen LogP contribution in [-0.4, -0.2) is 10.9 Å².